The predicted molar refractivity (Wildman–Crippen MR) is 112 cm³/mol. The van der Waals surface area contributed by atoms with Crippen molar-refractivity contribution in [2.75, 3.05) is 26.9 Å². The van der Waals surface area contributed by atoms with Crippen LogP contribution in [-0.4, -0.2) is 75.6 Å². The molecule has 0 spiro atoms. The molecule has 0 aliphatic carbocycles. The second-order valence-corrected chi connectivity index (χ2v) is 8.05. The summed E-state index contributed by atoms with van der Waals surface area (Å²) in [6.07, 6.45) is 3.39. The van der Waals surface area contributed by atoms with Gasteiger partial charge in [0, 0.05) is 73.9 Å². The molecule has 0 fully saturated rings. The summed E-state index contributed by atoms with van der Waals surface area (Å²) in [7, 11) is 0.333. The van der Waals surface area contributed by atoms with Crippen LogP contribution in [0.3, 0.4) is 0 Å². The van der Waals surface area contributed by atoms with E-state index in [-0.39, 0.29) is 35.3 Å². The van der Waals surface area contributed by atoms with Crippen LogP contribution in [0.15, 0.2) is 29.6 Å². The number of aromatic amines is 1. The topological polar surface area (TPSA) is 86.3 Å². The smallest absolute Gasteiger partial charge is 0.197 e. The Morgan fingerprint density at radius 1 is 1.31 bits per heavy atom. The van der Waals surface area contributed by atoms with Crippen LogP contribution < -0.4 is 9.47 Å². The Bertz CT molecular complexity index is 983. The van der Waals surface area contributed by atoms with Crippen molar-refractivity contribution in [3.63, 3.8) is 0 Å². The van der Waals surface area contributed by atoms with Crippen LogP contribution in [0.2, 0.25) is 0 Å². The second kappa shape index (κ2) is 10.0. The summed E-state index contributed by atoms with van der Waals surface area (Å²) in [6.45, 7) is 3.86. The summed E-state index contributed by atoms with van der Waals surface area (Å²) in [4.78, 5) is 12.1. The second-order valence-electron chi connectivity index (χ2n) is 6.68. The Kier molecular flexibility index (Phi) is 7.70. The van der Waals surface area contributed by atoms with Crippen molar-refractivity contribution in [3.8, 4) is 11.5 Å². The number of hydrogen-bond donors (Lipinski definition) is 1. The first kappa shape index (κ1) is 22.2. The molecular formula is C20H23N3NaO4S. The Balaban J connectivity index is 0.00000240. The van der Waals surface area contributed by atoms with E-state index >= 15 is 0 Å². The normalized spacial score (nSPS) is 13.6. The van der Waals surface area contributed by atoms with Crippen LogP contribution in [0.4, 0.5) is 0 Å². The molecule has 9 heteroatoms. The van der Waals surface area contributed by atoms with Crippen LogP contribution >= 0.6 is 0 Å². The van der Waals surface area contributed by atoms with E-state index in [1.165, 1.54) is 0 Å². The zero-order valence-corrected chi connectivity index (χ0v) is 19.8. The number of nitrogens with one attached hydrogen (secondary N) is 1. The third-order valence-corrected chi connectivity index (χ3v) is 5.92. The van der Waals surface area contributed by atoms with Crippen molar-refractivity contribution < 1.29 is 18.4 Å². The van der Waals surface area contributed by atoms with E-state index in [0.717, 1.165) is 52.2 Å². The number of H-pyrrole nitrogens is 1. The molecule has 149 valence electrons. The van der Waals surface area contributed by atoms with Gasteiger partial charge in [0.2, 0.25) is 0 Å². The Hall–Kier alpha value is -1.45. The molecule has 1 N–H and O–H groups in total. The van der Waals surface area contributed by atoms with Gasteiger partial charge in [-0.25, -0.2) is 4.98 Å². The Morgan fingerprint density at radius 2 is 2.17 bits per heavy atom. The number of benzene rings is 1. The van der Waals surface area contributed by atoms with E-state index in [1.54, 1.807) is 13.3 Å². The minimum atomic E-state index is -1.34. The van der Waals surface area contributed by atoms with E-state index < -0.39 is 10.8 Å². The van der Waals surface area contributed by atoms with Crippen LogP contribution in [0.25, 0.3) is 11.0 Å². The Labute approximate surface area is 194 Å². The van der Waals surface area contributed by atoms with Gasteiger partial charge in [0.1, 0.15) is 11.5 Å². The van der Waals surface area contributed by atoms with Crippen molar-refractivity contribution in [2.24, 2.45) is 0 Å². The molecule has 1 aromatic carbocycles. The van der Waals surface area contributed by atoms with Gasteiger partial charge in [0.25, 0.3) is 0 Å². The van der Waals surface area contributed by atoms with Gasteiger partial charge in [-0.15, -0.1) is 0 Å². The molecule has 0 amide bonds. The van der Waals surface area contributed by atoms with E-state index in [1.807, 2.05) is 25.1 Å². The largest absolute Gasteiger partial charge is 0.493 e. The summed E-state index contributed by atoms with van der Waals surface area (Å²) in [5, 5.41) is 0.450. The van der Waals surface area contributed by atoms with Gasteiger partial charge in [0.05, 0.1) is 46.5 Å². The van der Waals surface area contributed by atoms with Crippen molar-refractivity contribution in [1.29, 1.82) is 0 Å². The minimum absolute atomic E-state index is 0. The molecule has 29 heavy (non-hydrogen) atoms. The van der Waals surface area contributed by atoms with Gasteiger partial charge < -0.3 is 19.2 Å². The number of hydrogen-bond acceptors (Lipinski definition) is 6. The molecule has 4 rings (SSSR count). The van der Waals surface area contributed by atoms with Gasteiger partial charge in [-0.2, -0.15) is 0 Å². The van der Waals surface area contributed by atoms with Crippen LogP contribution in [0.5, 0.6) is 11.5 Å². The zero-order valence-electron chi connectivity index (χ0n) is 17.0. The number of ether oxygens (including phenoxy) is 3. The van der Waals surface area contributed by atoms with Crippen molar-refractivity contribution >= 4 is 51.4 Å². The van der Waals surface area contributed by atoms with Gasteiger partial charge in [0.15, 0.2) is 5.16 Å². The molecule has 0 saturated carbocycles. The monoisotopic (exact) mass is 424 g/mol. The predicted octanol–water partition coefficient (Wildman–Crippen LogP) is 2.54. The standard InChI is InChI=1S/C20H23N3O4S.Na/c1-13-17(21-6-4-18(13)26-8-3-7-25-2)12-28(24)20-22-15-10-14-5-9-27-19(14)11-16(15)23-20;/h4,6,10-11H,3,5,7-9,12H2,1-2H3,(H,22,23);. The fourth-order valence-corrected chi connectivity index (χ4v) is 4.31. The van der Waals surface area contributed by atoms with Crippen LogP contribution in [-0.2, 0) is 27.7 Å². The molecule has 1 unspecified atom stereocenters. The Morgan fingerprint density at radius 3 is 3.00 bits per heavy atom. The minimum Gasteiger partial charge on any atom is -0.493 e. The van der Waals surface area contributed by atoms with E-state index in [0.29, 0.717) is 25.0 Å². The van der Waals surface area contributed by atoms with Crippen molar-refractivity contribution in [2.45, 2.75) is 30.7 Å². The molecule has 3 heterocycles. The molecular weight excluding hydrogens is 401 g/mol. The maximum atomic E-state index is 12.9. The number of fused-ring (bicyclic) bond motifs is 2. The first-order valence-electron chi connectivity index (χ1n) is 9.25. The average Bonchev–Trinajstić information content (AvgIpc) is 3.31. The summed E-state index contributed by atoms with van der Waals surface area (Å²) in [6, 6.07) is 5.77. The first-order chi connectivity index (χ1) is 13.7. The molecule has 7 nitrogen and oxygen atoms in total. The van der Waals surface area contributed by atoms with E-state index in [9.17, 15) is 4.21 Å². The number of methoxy groups -OCH3 is 1. The maximum Gasteiger partial charge on any atom is 0.197 e. The van der Waals surface area contributed by atoms with Gasteiger partial charge in [-0.3, -0.25) is 9.19 Å². The summed E-state index contributed by atoms with van der Waals surface area (Å²) >= 11 is 0. The van der Waals surface area contributed by atoms with Crippen LogP contribution in [0, 0.1) is 6.92 Å². The quantitative estimate of drug-likeness (QED) is 0.442. The van der Waals surface area contributed by atoms with Crippen molar-refractivity contribution in [3.05, 3.63) is 41.2 Å². The number of imidazole rings is 1. The number of pyridine rings is 1. The van der Waals surface area contributed by atoms with Gasteiger partial charge in [-0.05, 0) is 24.6 Å². The van der Waals surface area contributed by atoms with Crippen molar-refractivity contribution in [1.82, 2.24) is 15.0 Å². The zero-order chi connectivity index (χ0) is 19.5. The third-order valence-electron chi connectivity index (χ3n) is 4.76. The average molecular weight is 424 g/mol. The molecule has 2 aromatic heterocycles. The summed E-state index contributed by atoms with van der Waals surface area (Å²) < 4.78 is 29.3. The van der Waals surface area contributed by atoms with E-state index in [4.69, 9.17) is 14.2 Å². The summed E-state index contributed by atoms with van der Waals surface area (Å²) in [5.41, 5.74) is 4.45. The summed E-state index contributed by atoms with van der Waals surface area (Å²) in [5.74, 6) is 1.90. The number of aromatic nitrogens is 3. The molecule has 1 aliphatic heterocycles. The number of nitrogens with zero attached hydrogens (tertiary/aromatic N) is 2. The van der Waals surface area contributed by atoms with Gasteiger partial charge in [-0.1, -0.05) is 0 Å². The van der Waals surface area contributed by atoms with Gasteiger partial charge >= 0.3 is 0 Å². The fraction of sp³-hybridized carbons (Fsp3) is 0.400. The van der Waals surface area contributed by atoms with Crippen LogP contribution in [0.1, 0.15) is 23.2 Å². The molecule has 0 bridgehead atoms. The molecule has 3 aromatic rings. The maximum absolute atomic E-state index is 12.9. The fourth-order valence-electron chi connectivity index (χ4n) is 3.21. The first-order valence-corrected chi connectivity index (χ1v) is 10.6. The number of rotatable bonds is 8. The molecule has 0 saturated heterocycles. The van der Waals surface area contributed by atoms with E-state index in [2.05, 4.69) is 15.0 Å². The third kappa shape index (κ3) is 5.00. The molecule has 1 atom stereocenters. The SMILES string of the molecule is COCCCOc1ccnc(CS(=O)c2nc3cc4c(cc3[nH]2)CCO4)c1C.[Na]. The molecule has 1 aliphatic rings. The molecule has 1 radical (unpaired) electrons.